The van der Waals surface area contributed by atoms with Gasteiger partial charge in [0.15, 0.2) is 23.3 Å². The molecule has 2 rings (SSSR count). The van der Waals surface area contributed by atoms with Crippen LogP contribution in [-0.2, 0) is 0 Å². The number of carbonyl (C=O) groups is 1. The van der Waals surface area contributed by atoms with E-state index in [-0.39, 0.29) is 19.5 Å². The molecule has 1 N–H and O–H groups in total. The first-order valence-electron chi connectivity index (χ1n) is 6.57. The molecule has 0 saturated carbocycles. The number of hydrogen-bond acceptors (Lipinski definition) is 2. The molecule has 1 fully saturated rings. The minimum absolute atomic E-state index is 0.131. The Hall–Kier alpha value is -1.63. The maximum Gasteiger partial charge on any atom is 0.257 e. The Morgan fingerprint density at radius 1 is 1.14 bits per heavy atom. The largest absolute Gasteiger partial charge is 0.390 e. The molecule has 1 aliphatic heterocycles. The lowest BCUT2D eigenvalue weighted by Gasteiger charge is -2.23. The minimum atomic E-state index is -2.00. The van der Waals surface area contributed by atoms with Gasteiger partial charge in [-0.25, -0.2) is 17.6 Å². The quantitative estimate of drug-likeness (QED) is 0.492. The van der Waals surface area contributed by atoms with E-state index in [1.807, 2.05) is 0 Å². The highest BCUT2D eigenvalue weighted by Crippen LogP contribution is 2.24. The van der Waals surface area contributed by atoms with Gasteiger partial charge in [0.05, 0.1) is 11.2 Å². The van der Waals surface area contributed by atoms with Crippen molar-refractivity contribution in [1.82, 2.24) is 4.90 Å². The molecule has 7 heteroatoms. The average molecular weight is 305 g/mol. The van der Waals surface area contributed by atoms with Gasteiger partial charge in [-0.3, -0.25) is 4.79 Å². The summed E-state index contributed by atoms with van der Waals surface area (Å²) in [6, 6.07) is 0.360. The zero-order chi connectivity index (χ0) is 15.8. The highest BCUT2D eigenvalue weighted by Gasteiger charge is 2.30. The molecule has 0 spiro atoms. The molecule has 3 nitrogen and oxygen atoms in total. The Labute approximate surface area is 119 Å². The van der Waals surface area contributed by atoms with Crippen LogP contribution in [0.4, 0.5) is 17.6 Å². The van der Waals surface area contributed by atoms with Gasteiger partial charge < -0.3 is 10.0 Å². The van der Waals surface area contributed by atoms with Crippen LogP contribution in [0.3, 0.4) is 0 Å². The zero-order valence-electron chi connectivity index (χ0n) is 11.4. The van der Waals surface area contributed by atoms with Crippen molar-refractivity contribution in [1.29, 1.82) is 0 Å². The summed E-state index contributed by atoms with van der Waals surface area (Å²) in [6.45, 7) is 1.99. The number of carbonyl (C=O) groups excluding carboxylic acids is 1. The summed E-state index contributed by atoms with van der Waals surface area (Å²) >= 11 is 0. The smallest absolute Gasteiger partial charge is 0.257 e. The number of rotatable bonds is 1. The van der Waals surface area contributed by atoms with Crippen LogP contribution in [0, 0.1) is 23.3 Å². The van der Waals surface area contributed by atoms with E-state index in [2.05, 4.69) is 0 Å². The fraction of sp³-hybridized carbons (Fsp3) is 0.500. The Kier molecular flexibility index (Phi) is 4.22. The Balaban J connectivity index is 2.28. The van der Waals surface area contributed by atoms with Crippen molar-refractivity contribution in [2.45, 2.75) is 31.8 Å². The lowest BCUT2D eigenvalue weighted by atomic mass is 9.98. The molecule has 1 aromatic rings. The van der Waals surface area contributed by atoms with E-state index >= 15 is 0 Å². The van der Waals surface area contributed by atoms with E-state index in [1.54, 1.807) is 6.92 Å². The predicted octanol–water partition coefficient (Wildman–Crippen LogP) is 2.62. The van der Waals surface area contributed by atoms with Crippen LogP contribution in [-0.4, -0.2) is 34.6 Å². The van der Waals surface area contributed by atoms with Gasteiger partial charge in [0.1, 0.15) is 0 Å². The van der Waals surface area contributed by atoms with E-state index in [1.165, 1.54) is 4.90 Å². The van der Waals surface area contributed by atoms with Crippen LogP contribution >= 0.6 is 0 Å². The Morgan fingerprint density at radius 2 is 1.81 bits per heavy atom. The van der Waals surface area contributed by atoms with Crippen molar-refractivity contribution < 1.29 is 27.5 Å². The summed E-state index contributed by atoms with van der Waals surface area (Å²) in [7, 11) is 0. The number of halogens is 4. The standard InChI is InChI=1S/C14H15F4NO2/c1-14(21)3-2-5-19(6-4-14)13(20)8-7-9(15)11(17)12(18)10(8)16/h7,21H,2-6H2,1H3. The van der Waals surface area contributed by atoms with Gasteiger partial charge in [-0.05, 0) is 32.3 Å². The maximum atomic E-state index is 13.6. The fourth-order valence-electron chi connectivity index (χ4n) is 2.37. The molecule has 1 saturated heterocycles. The third kappa shape index (κ3) is 3.18. The van der Waals surface area contributed by atoms with Gasteiger partial charge in [-0.2, -0.15) is 0 Å². The van der Waals surface area contributed by atoms with Gasteiger partial charge >= 0.3 is 0 Å². The van der Waals surface area contributed by atoms with Gasteiger partial charge in [0.2, 0.25) is 0 Å². The van der Waals surface area contributed by atoms with E-state index < -0.39 is 40.3 Å². The van der Waals surface area contributed by atoms with E-state index in [0.717, 1.165) is 0 Å². The molecule has 0 aliphatic carbocycles. The summed E-state index contributed by atoms with van der Waals surface area (Å²) in [5.74, 6) is -8.17. The first kappa shape index (κ1) is 15.8. The van der Waals surface area contributed by atoms with Crippen LogP contribution < -0.4 is 0 Å². The summed E-state index contributed by atoms with van der Waals surface area (Å²) in [4.78, 5) is 13.4. The number of nitrogens with zero attached hydrogens (tertiary/aromatic N) is 1. The zero-order valence-corrected chi connectivity index (χ0v) is 11.4. The van der Waals surface area contributed by atoms with Crippen molar-refractivity contribution in [2.75, 3.05) is 13.1 Å². The van der Waals surface area contributed by atoms with Gasteiger partial charge in [0, 0.05) is 13.1 Å². The molecular formula is C14H15F4NO2. The van der Waals surface area contributed by atoms with Crippen molar-refractivity contribution in [3.63, 3.8) is 0 Å². The maximum absolute atomic E-state index is 13.6. The molecule has 1 atom stereocenters. The van der Waals surface area contributed by atoms with E-state index in [0.29, 0.717) is 18.9 Å². The molecule has 0 aromatic heterocycles. The first-order chi connectivity index (χ1) is 9.73. The number of likely N-dealkylation sites (tertiary alicyclic amines) is 1. The highest BCUT2D eigenvalue weighted by atomic mass is 19.2. The summed E-state index contributed by atoms with van der Waals surface area (Å²) in [5.41, 5.74) is -1.78. The average Bonchev–Trinajstić information content (AvgIpc) is 2.60. The Bertz CT molecular complexity index is 575. The SMILES string of the molecule is CC1(O)CCCN(C(=O)c2cc(F)c(F)c(F)c2F)CC1. The van der Waals surface area contributed by atoms with Crippen molar-refractivity contribution >= 4 is 5.91 Å². The van der Waals surface area contributed by atoms with Crippen LogP contribution in [0.25, 0.3) is 0 Å². The number of aliphatic hydroxyl groups is 1. The molecule has 1 aliphatic rings. The lowest BCUT2D eigenvalue weighted by molar-refractivity contribution is 0.0437. The normalized spacial score (nSPS) is 23.0. The van der Waals surface area contributed by atoms with Crippen LogP contribution in [0.1, 0.15) is 36.5 Å². The third-order valence-corrected chi connectivity index (χ3v) is 3.68. The van der Waals surface area contributed by atoms with Gasteiger partial charge in [-0.1, -0.05) is 0 Å². The second-order valence-corrected chi connectivity index (χ2v) is 5.49. The van der Waals surface area contributed by atoms with Crippen LogP contribution in [0.15, 0.2) is 6.07 Å². The summed E-state index contributed by atoms with van der Waals surface area (Å²) in [5, 5.41) is 9.92. The number of amides is 1. The number of hydrogen-bond donors (Lipinski definition) is 1. The van der Waals surface area contributed by atoms with Crippen molar-refractivity contribution in [3.8, 4) is 0 Å². The summed E-state index contributed by atoms with van der Waals surface area (Å²) in [6.07, 6.45) is 1.21. The van der Waals surface area contributed by atoms with Crippen LogP contribution in [0.5, 0.6) is 0 Å². The van der Waals surface area contributed by atoms with Crippen molar-refractivity contribution in [2.24, 2.45) is 0 Å². The molecular weight excluding hydrogens is 290 g/mol. The minimum Gasteiger partial charge on any atom is -0.390 e. The molecule has 1 aromatic carbocycles. The predicted molar refractivity (Wildman–Crippen MR) is 66.7 cm³/mol. The molecule has 21 heavy (non-hydrogen) atoms. The van der Waals surface area contributed by atoms with Crippen LogP contribution in [0.2, 0.25) is 0 Å². The third-order valence-electron chi connectivity index (χ3n) is 3.68. The highest BCUT2D eigenvalue weighted by molar-refractivity contribution is 5.94. The number of benzene rings is 1. The fourth-order valence-corrected chi connectivity index (χ4v) is 2.37. The molecule has 1 heterocycles. The molecule has 116 valence electrons. The van der Waals surface area contributed by atoms with Crippen molar-refractivity contribution in [3.05, 3.63) is 34.9 Å². The summed E-state index contributed by atoms with van der Waals surface area (Å²) < 4.78 is 52.9. The lowest BCUT2D eigenvalue weighted by Crippen LogP contribution is -2.34. The monoisotopic (exact) mass is 305 g/mol. The second kappa shape index (κ2) is 5.63. The molecule has 1 unspecified atom stereocenters. The van der Waals surface area contributed by atoms with Gasteiger partial charge in [0.25, 0.3) is 5.91 Å². The molecule has 1 amide bonds. The van der Waals surface area contributed by atoms with Gasteiger partial charge in [-0.15, -0.1) is 0 Å². The topological polar surface area (TPSA) is 40.5 Å². The van der Waals surface area contributed by atoms with E-state index in [9.17, 15) is 27.5 Å². The second-order valence-electron chi connectivity index (χ2n) is 5.49. The molecule has 0 bridgehead atoms. The first-order valence-corrected chi connectivity index (χ1v) is 6.57. The molecule has 0 radical (unpaired) electrons. The van der Waals surface area contributed by atoms with E-state index in [4.69, 9.17) is 0 Å². The Morgan fingerprint density at radius 3 is 2.48 bits per heavy atom.